The molecule has 4 rings (SSSR count). The molecule has 0 radical (unpaired) electrons. The Kier molecular flexibility index (Phi) is 7.99. The molecule has 1 aliphatic rings. The zero-order valence-electron chi connectivity index (χ0n) is 21.4. The summed E-state index contributed by atoms with van der Waals surface area (Å²) in [6, 6.07) is 19.4. The number of hydrogen-bond donors (Lipinski definition) is 0. The van der Waals surface area contributed by atoms with E-state index in [0.29, 0.717) is 35.4 Å². The van der Waals surface area contributed by atoms with Crippen molar-refractivity contribution in [3.63, 3.8) is 0 Å². The molecule has 2 aromatic carbocycles. The number of para-hydroxylation sites is 1. The molecule has 7 heteroatoms. The van der Waals surface area contributed by atoms with Crippen LogP contribution in [0.25, 0.3) is 23.0 Å². The number of ether oxygens (including phenoxy) is 1. The molecule has 0 N–H and O–H groups in total. The van der Waals surface area contributed by atoms with Crippen LogP contribution in [0.3, 0.4) is 0 Å². The van der Waals surface area contributed by atoms with Gasteiger partial charge in [0.1, 0.15) is 17.4 Å². The average Bonchev–Trinajstić information content (AvgIpc) is 3.34. The van der Waals surface area contributed by atoms with Gasteiger partial charge in [0.05, 0.1) is 18.0 Å². The smallest absolute Gasteiger partial charge is 0.271 e. The summed E-state index contributed by atoms with van der Waals surface area (Å²) in [6.45, 7) is 6.57. The molecule has 188 valence electrons. The topological polar surface area (TPSA) is 88.2 Å². The third-order valence-corrected chi connectivity index (χ3v) is 6.23. The van der Waals surface area contributed by atoms with E-state index in [1.165, 1.54) is 0 Å². The Morgan fingerprint density at radius 3 is 2.38 bits per heavy atom. The van der Waals surface area contributed by atoms with Gasteiger partial charge in [-0.1, -0.05) is 38.5 Å². The normalized spacial score (nSPS) is 14.9. The van der Waals surface area contributed by atoms with Gasteiger partial charge in [-0.25, -0.2) is 4.68 Å². The van der Waals surface area contributed by atoms with Gasteiger partial charge >= 0.3 is 0 Å². The molecule has 0 aliphatic carbocycles. The maximum atomic E-state index is 13.3. The molecule has 2 heterocycles. The summed E-state index contributed by atoms with van der Waals surface area (Å²) in [5, 5.41) is 14.5. The molecule has 0 bridgehead atoms. The lowest BCUT2D eigenvalue weighted by Crippen LogP contribution is -2.43. The van der Waals surface area contributed by atoms with Gasteiger partial charge in [0.2, 0.25) is 0 Å². The molecular weight excluding hydrogens is 464 g/mol. The summed E-state index contributed by atoms with van der Waals surface area (Å²) in [6.07, 6.45) is 6.25. The number of aromatic nitrogens is 2. The van der Waals surface area contributed by atoms with E-state index in [-0.39, 0.29) is 12.1 Å². The first-order valence-electron chi connectivity index (χ1n) is 12.6. The Hall–Kier alpha value is -4.44. The highest BCUT2D eigenvalue weighted by Crippen LogP contribution is 2.32. The third kappa shape index (κ3) is 5.39. The van der Waals surface area contributed by atoms with Crippen molar-refractivity contribution in [2.45, 2.75) is 40.0 Å². The molecule has 0 saturated carbocycles. The number of carbonyl (C=O) groups is 2. The van der Waals surface area contributed by atoms with Crippen LogP contribution in [0.15, 0.2) is 77.5 Å². The van der Waals surface area contributed by atoms with Crippen molar-refractivity contribution in [2.24, 2.45) is 0 Å². The number of rotatable bonds is 9. The van der Waals surface area contributed by atoms with E-state index in [1.54, 1.807) is 17.7 Å². The number of amides is 2. The van der Waals surface area contributed by atoms with Crippen LogP contribution in [0.1, 0.15) is 45.6 Å². The van der Waals surface area contributed by atoms with Crippen LogP contribution < -0.4 is 4.74 Å². The number of nitriles is 1. The second kappa shape index (κ2) is 11.5. The van der Waals surface area contributed by atoms with Crippen molar-refractivity contribution in [2.75, 3.05) is 13.2 Å². The van der Waals surface area contributed by atoms with E-state index in [0.717, 1.165) is 34.7 Å². The van der Waals surface area contributed by atoms with E-state index < -0.39 is 11.8 Å². The van der Waals surface area contributed by atoms with Crippen LogP contribution in [0, 0.1) is 11.3 Å². The summed E-state index contributed by atoms with van der Waals surface area (Å²) in [7, 11) is 0. The first-order chi connectivity index (χ1) is 18.0. The molecule has 0 unspecified atom stereocenters. The van der Waals surface area contributed by atoms with Crippen molar-refractivity contribution in [3.05, 3.63) is 83.1 Å². The van der Waals surface area contributed by atoms with Crippen molar-refractivity contribution < 1.29 is 14.3 Å². The summed E-state index contributed by atoms with van der Waals surface area (Å²) >= 11 is 0. The molecule has 3 aromatic rings. The van der Waals surface area contributed by atoms with Gasteiger partial charge in [-0.05, 0) is 67.8 Å². The lowest BCUT2D eigenvalue weighted by Gasteiger charge is -2.27. The summed E-state index contributed by atoms with van der Waals surface area (Å²) in [4.78, 5) is 27.2. The second-order valence-electron chi connectivity index (χ2n) is 8.87. The number of nitrogens with zero attached hydrogens (tertiary/aromatic N) is 4. The second-order valence-corrected chi connectivity index (χ2v) is 8.87. The van der Waals surface area contributed by atoms with E-state index >= 15 is 0 Å². The van der Waals surface area contributed by atoms with Crippen molar-refractivity contribution in [1.82, 2.24) is 14.7 Å². The minimum atomic E-state index is -0.539. The summed E-state index contributed by atoms with van der Waals surface area (Å²) in [5.41, 5.74) is 3.79. The Bertz CT molecular complexity index is 1390. The lowest BCUT2D eigenvalue weighted by atomic mass is 9.93. The van der Waals surface area contributed by atoms with E-state index in [1.807, 2.05) is 73.8 Å². The van der Waals surface area contributed by atoms with Gasteiger partial charge in [-0.2, -0.15) is 10.4 Å². The number of benzene rings is 2. The molecule has 37 heavy (non-hydrogen) atoms. The fourth-order valence-electron chi connectivity index (χ4n) is 4.19. The van der Waals surface area contributed by atoms with Crippen LogP contribution in [0.4, 0.5) is 0 Å². The van der Waals surface area contributed by atoms with Crippen LogP contribution >= 0.6 is 0 Å². The zero-order valence-corrected chi connectivity index (χ0v) is 21.4. The zero-order chi connectivity index (χ0) is 26.4. The number of carbonyl (C=O) groups excluding carboxylic acids is 2. The Balaban J connectivity index is 1.82. The minimum absolute atomic E-state index is 0.00937. The Morgan fingerprint density at radius 2 is 1.73 bits per heavy atom. The molecule has 0 saturated heterocycles. The maximum Gasteiger partial charge on any atom is 0.271 e. The van der Waals surface area contributed by atoms with Crippen LogP contribution in [0.2, 0.25) is 0 Å². The summed E-state index contributed by atoms with van der Waals surface area (Å²) < 4.78 is 7.57. The van der Waals surface area contributed by atoms with E-state index in [4.69, 9.17) is 9.84 Å². The molecule has 0 fully saturated rings. The average molecular weight is 495 g/mol. The maximum absolute atomic E-state index is 13.3. The lowest BCUT2D eigenvalue weighted by molar-refractivity contribution is -0.140. The predicted octanol–water partition coefficient (Wildman–Crippen LogP) is 5.72. The van der Waals surface area contributed by atoms with Gasteiger partial charge in [0, 0.05) is 29.4 Å². The predicted molar refractivity (Wildman–Crippen MR) is 143 cm³/mol. The highest BCUT2D eigenvalue weighted by atomic mass is 16.5. The van der Waals surface area contributed by atoms with Crippen molar-refractivity contribution >= 4 is 17.9 Å². The number of hydrogen-bond acceptors (Lipinski definition) is 5. The summed E-state index contributed by atoms with van der Waals surface area (Å²) in [5.74, 6) is -0.155. The van der Waals surface area contributed by atoms with Crippen LogP contribution in [0.5, 0.6) is 5.75 Å². The van der Waals surface area contributed by atoms with E-state index in [2.05, 4.69) is 6.92 Å². The van der Waals surface area contributed by atoms with Crippen LogP contribution in [-0.2, 0) is 9.59 Å². The molecule has 0 spiro atoms. The number of unbranched alkanes of at least 4 members (excludes halogenated alkanes) is 1. The fourth-order valence-corrected chi connectivity index (χ4v) is 4.19. The fraction of sp³-hybridized carbons (Fsp3) is 0.267. The Morgan fingerprint density at radius 1 is 1.00 bits per heavy atom. The highest BCUT2D eigenvalue weighted by molar-refractivity contribution is 6.19. The van der Waals surface area contributed by atoms with Crippen LogP contribution in [-0.4, -0.2) is 39.6 Å². The molecule has 2 amide bonds. The van der Waals surface area contributed by atoms with Crippen molar-refractivity contribution in [1.29, 1.82) is 5.26 Å². The van der Waals surface area contributed by atoms with E-state index in [9.17, 15) is 14.9 Å². The van der Waals surface area contributed by atoms with Crippen molar-refractivity contribution in [3.8, 4) is 28.8 Å². The molecule has 0 atom stereocenters. The van der Waals surface area contributed by atoms with Gasteiger partial charge in [-0.3, -0.25) is 14.5 Å². The standard InChI is InChI=1S/C30H30N4O3/c1-4-6-17-37-25-14-12-22(13-15-25)28-23(20-34(32-28)24-10-8-7-9-11-24)18-26-21(3)27(19-31)30(36)33(16-5-2)29(26)35/h7-15,18,20H,4-6,16-17H2,1-3H3/b26-18+. The quantitative estimate of drug-likeness (QED) is 0.216. The largest absolute Gasteiger partial charge is 0.494 e. The first-order valence-corrected chi connectivity index (χ1v) is 12.6. The Labute approximate surface area is 217 Å². The molecule has 1 aliphatic heterocycles. The minimum Gasteiger partial charge on any atom is -0.494 e. The van der Waals surface area contributed by atoms with Gasteiger partial charge < -0.3 is 4.74 Å². The van der Waals surface area contributed by atoms with Gasteiger partial charge in [0.25, 0.3) is 11.8 Å². The SMILES string of the molecule is CCCCOc1ccc(-c2nn(-c3ccccc3)cc2/C=C2/C(=O)N(CCC)C(=O)C(C#N)=C2C)cc1. The third-order valence-electron chi connectivity index (χ3n) is 6.23. The van der Waals surface area contributed by atoms with Gasteiger partial charge in [-0.15, -0.1) is 0 Å². The molecule has 1 aromatic heterocycles. The molecule has 7 nitrogen and oxygen atoms in total. The number of imide groups is 1. The monoisotopic (exact) mass is 494 g/mol. The highest BCUT2D eigenvalue weighted by Gasteiger charge is 2.35. The van der Waals surface area contributed by atoms with Gasteiger partial charge in [0.15, 0.2) is 0 Å². The first kappa shape index (κ1) is 25.6. The molecular formula is C30H30N4O3.